The Hall–Kier alpha value is -0.183. The Bertz CT molecular complexity index is 500. The summed E-state index contributed by atoms with van der Waals surface area (Å²) in [6, 6.07) is 1.00. The molecule has 0 aliphatic rings. The number of ether oxygens (including phenoxy) is 2. The number of hydrogen-bond donors (Lipinski definition) is 0. The average Bonchev–Trinajstić information content (AvgIpc) is 2.57. The lowest BCUT2D eigenvalue weighted by molar-refractivity contribution is 0.0535. The molecule has 0 radical (unpaired) electrons. The van der Waals surface area contributed by atoms with E-state index >= 15 is 0 Å². The first-order valence-corrected chi connectivity index (χ1v) is 11.4. The molecule has 0 aliphatic heterocycles. The van der Waals surface area contributed by atoms with E-state index in [9.17, 15) is 9.18 Å². The highest BCUT2D eigenvalue weighted by molar-refractivity contribution is 9.11. The highest BCUT2D eigenvalue weighted by Crippen LogP contribution is 2.31. The minimum Gasteiger partial charge on any atom is -0.464 e. The van der Waals surface area contributed by atoms with Crippen molar-refractivity contribution >= 4 is 45.9 Å². The van der Waals surface area contributed by atoms with Crippen LogP contribution in [0.2, 0.25) is 25.7 Å². The number of esters is 1. The van der Waals surface area contributed by atoms with Gasteiger partial charge in [0.15, 0.2) is 5.82 Å². The average molecular weight is 431 g/mol. The van der Waals surface area contributed by atoms with Gasteiger partial charge in [0.25, 0.3) is 0 Å². The van der Waals surface area contributed by atoms with Crippen LogP contribution in [0.25, 0.3) is 0 Å². The van der Waals surface area contributed by atoms with Crippen molar-refractivity contribution in [3.05, 3.63) is 20.6 Å². The monoisotopic (exact) mass is 429 g/mol. The van der Waals surface area contributed by atoms with Crippen LogP contribution in [0.5, 0.6) is 0 Å². The van der Waals surface area contributed by atoms with Gasteiger partial charge in [0.2, 0.25) is 0 Å². The number of halogens is 3. The van der Waals surface area contributed by atoms with Crippen LogP contribution in [0.15, 0.2) is 9.08 Å². The Kier molecular flexibility index (Phi) is 6.43. The Morgan fingerprint density at radius 3 is 2.45 bits per heavy atom. The highest BCUT2D eigenvalue weighted by Gasteiger charge is 2.25. The molecule has 4 nitrogen and oxygen atoms in total. The zero-order valence-corrected chi connectivity index (χ0v) is 16.1. The van der Waals surface area contributed by atoms with Crippen molar-refractivity contribution in [1.29, 1.82) is 0 Å². The molecule has 0 N–H and O–H groups in total. The number of hydrogen-bond acceptors (Lipinski definition) is 3. The van der Waals surface area contributed by atoms with Gasteiger partial charge in [-0.1, -0.05) is 19.6 Å². The summed E-state index contributed by atoms with van der Waals surface area (Å²) in [5, 5.41) is 0. The summed E-state index contributed by atoms with van der Waals surface area (Å²) in [6.45, 7) is 7.42. The Labute approximate surface area is 135 Å². The van der Waals surface area contributed by atoms with Crippen molar-refractivity contribution in [2.45, 2.75) is 32.4 Å². The molecular formula is C12H18Br2FNO3Si. The van der Waals surface area contributed by atoms with E-state index in [2.05, 4.69) is 56.2 Å². The number of rotatable bonds is 6. The van der Waals surface area contributed by atoms with Gasteiger partial charge in [0.1, 0.15) is 17.0 Å². The molecule has 0 saturated carbocycles. The van der Waals surface area contributed by atoms with Crippen molar-refractivity contribution in [2.75, 3.05) is 13.7 Å². The van der Waals surface area contributed by atoms with Crippen molar-refractivity contribution in [3.63, 3.8) is 0 Å². The van der Waals surface area contributed by atoms with Crippen molar-refractivity contribution < 1.29 is 18.7 Å². The van der Waals surface area contributed by atoms with Crippen LogP contribution in [-0.4, -0.2) is 32.3 Å². The maximum atomic E-state index is 13.8. The molecule has 0 unspecified atom stereocenters. The summed E-state index contributed by atoms with van der Waals surface area (Å²) in [5.74, 6) is -1.16. The maximum absolute atomic E-state index is 13.8. The van der Waals surface area contributed by atoms with E-state index in [-0.39, 0.29) is 21.5 Å². The van der Waals surface area contributed by atoms with E-state index in [4.69, 9.17) is 4.74 Å². The molecule has 0 aromatic carbocycles. The lowest BCUT2D eigenvalue weighted by Crippen LogP contribution is -2.22. The molecule has 0 aliphatic carbocycles. The van der Waals surface area contributed by atoms with Crippen LogP contribution < -0.4 is 0 Å². The minimum atomic E-state index is -1.18. The fourth-order valence-electron chi connectivity index (χ4n) is 1.48. The van der Waals surface area contributed by atoms with Crippen molar-refractivity contribution in [1.82, 2.24) is 4.57 Å². The Morgan fingerprint density at radius 2 is 1.95 bits per heavy atom. The molecule has 0 atom stereocenters. The fraction of sp³-hybridized carbons (Fsp3) is 0.583. The first-order chi connectivity index (χ1) is 9.19. The number of carbonyl (C=O) groups excluding carboxylic acids is 1. The summed E-state index contributed by atoms with van der Waals surface area (Å²) in [7, 11) is 0.0760. The molecule has 1 heterocycles. The molecule has 20 heavy (non-hydrogen) atoms. The second kappa shape index (κ2) is 7.19. The number of nitrogens with zero attached hydrogens (tertiary/aromatic N) is 1. The van der Waals surface area contributed by atoms with Crippen molar-refractivity contribution in [3.8, 4) is 0 Å². The zero-order valence-electron chi connectivity index (χ0n) is 11.9. The van der Waals surface area contributed by atoms with Gasteiger partial charge < -0.3 is 14.0 Å². The lowest BCUT2D eigenvalue weighted by Gasteiger charge is -2.16. The zero-order chi connectivity index (χ0) is 15.5. The van der Waals surface area contributed by atoms with E-state index in [0.717, 1.165) is 6.04 Å². The summed E-state index contributed by atoms with van der Waals surface area (Å²) in [4.78, 5) is 11.7. The summed E-state index contributed by atoms with van der Waals surface area (Å²) in [6.07, 6.45) is 0. The van der Waals surface area contributed by atoms with Gasteiger partial charge in [-0.15, -0.1) is 0 Å². The predicted molar refractivity (Wildman–Crippen MR) is 85.2 cm³/mol. The van der Waals surface area contributed by atoms with Gasteiger partial charge in [0, 0.05) is 14.7 Å². The SMILES string of the molecule is COC(=O)c1c(Br)c(F)c(Br)n1COCC[Si](C)(C)C. The van der Waals surface area contributed by atoms with Gasteiger partial charge in [-0.25, -0.2) is 9.18 Å². The predicted octanol–water partition coefficient (Wildman–Crippen LogP) is 4.25. The van der Waals surface area contributed by atoms with Crippen LogP contribution in [-0.2, 0) is 16.2 Å². The smallest absolute Gasteiger partial charge is 0.356 e. The second-order valence-electron chi connectivity index (χ2n) is 5.54. The topological polar surface area (TPSA) is 40.5 Å². The van der Waals surface area contributed by atoms with Crippen LogP contribution in [0.4, 0.5) is 4.39 Å². The summed E-state index contributed by atoms with van der Waals surface area (Å²) in [5.41, 5.74) is 0.102. The van der Waals surface area contributed by atoms with Crippen molar-refractivity contribution in [2.24, 2.45) is 0 Å². The van der Waals surface area contributed by atoms with E-state index in [1.807, 2.05) is 0 Å². The normalized spacial score (nSPS) is 11.8. The number of aromatic nitrogens is 1. The van der Waals surface area contributed by atoms with E-state index < -0.39 is 19.9 Å². The molecule has 0 bridgehead atoms. The van der Waals surface area contributed by atoms with Gasteiger partial charge in [-0.05, 0) is 37.9 Å². The molecule has 8 heteroatoms. The third-order valence-electron chi connectivity index (χ3n) is 2.68. The molecule has 0 fully saturated rings. The van der Waals surface area contributed by atoms with Gasteiger partial charge in [-0.2, -0.15) is 0 Å². The molecule has 1 aromatic rings. The molecule has 1 aromatic heterocycles. The Morgan fingerprint density at radius 1 is 1.35 bits per heavy atom. The minimum absolute atomic E-state index is 0.0741. The number of carbonyl (C=O) groups is 1. The standard InChI is InChI=1S/C12H18Br2FNO3Si/c1-18-12(17)10-8(13)9(15)11(14)16(10)7-19-5-6-20(2,3)4/h5-7H2,1-4H3. The Balaban J connectivity index is 2.84. The molecule has 0 amide bonds. The molecule has 0 spiro atoms. The van der Waals surface area contributed by atoms with E-state index in [1.165, 1.54) is 11.7 Å². The molecule has 1 rings (SSSR count). The summed E-state index contributed by atoms with van der Waals surface area (Å²) < 4.78 is 25.7. The van der Waals surface area contributed by atoms with E-state index in [0.29, 0.717) is 6.61 Å². The maximum Gasteiger partial charge on any atom is 0.356 e. The second-order valence-corrected chi connectivity index (χ2v) is 12.7. The first kappa shape index (κ1) is 17.9. The van der Waals surface area contributed by atoms with Gasteiger partial charge in [-0.3, -0.25) is 0 Å². The van der Waals surface area contributed by atoms with Crippen LogP contribution in [0, 0.1) is 5.82 Å². The third kappa shape index (κ3) is 4.41. The van der Waals surface area contributed by atoms with Gasteiger partial charge in [0.05, 0.1) is 11.6 Å². The highest BCUT2D eigenvalue weighted by atomic mass is 79.9. The largest absolute Gasteiger partial charge is 0.464 e. The molecular weight excluding hydrogens is 413 g/mol. The molecule has 114 valence electrons. The van der Waals surface area contributed by atoms with Crippen LogP contribution in [0.1, 0.15) is 10.5 Å². The van der Waals surface area contributed by atoms with Gasteiger partial charge >= 0.3 is 5.97 Å². The first-order valence-electron chi connectivity index (χ1n) is 6.08. The summed E-state index contributed by atoms with van der Waals surface area (Å²) >= 11 is 6.18. The van der Waals surface area contributed by atoms with Crippen LogP contribution in [0.3, 0.4) is 0 Å². The number of methoxy groups -OCH3 is 1. The third-order valence-corrected chi connectivity index (χ3v) is 5.89. The fourth-order valence-corrected chi connectivity index (χ4v) is 3.55. The van der Waals surface area contributed by atoms with Crippen LogP contribution >= 0.6 is 31.9 Å². The molecule has 0 saturated heterocycles. The quantitative estimate of drug-likeness (QED) is 0.384. The lowest BCUT2D eigenvalue weighted by atomic mass is 10.4. The van der Waals surface area contributed by atoms with E-state index in [1.54, 1.807) is 0 Å².